The summed E-state index contributed by atoms with van der Waals surface area (Å²) < 4.78 is 15.3. The average molecular weight is 295 g/mol. The number of H-pyrrole nitrogens is 1. The van der Waals surface area contributed by atoms with Crippen molar-refractivity contribution in [1.82, 2.24) is 14.8 Å². The fourth-order valence-electron chi connectivity index (χ4n) is 1.89. The molecule has 0 bridgehead atoms. The lowest BCUT2D eigenvalue weighted by molar-refractivity contribution is 0.0692. The number of carboxylic acid groups (broad SMARTS) is 1. The van der Waals surface area contributed by atoms with E-state index in [2.05, 4.69) is 10.2 Å². The van der Waals surface area contributed by atoms with Gasteiger partial charge < -0.3 is 5.11 Å². The number of hydrogen-bond acceptors (Lipinski definition) is 4. The highest BCUT2D eigenvalue weighted by atomic mass is 32.2. The fraction of sp³-hybridized carbons (Fsp3) is 0.250. The quantitative estimate of drug-likeness (QED) is 0.899. The van der Waals surface area contributed by atoms with Crippen molar-refractivity contribution in [2.75, 3.05) is 0 Å². The third-order valence-electron chi connectivity index (χ3n) is 2.97. The van der Waals surface area contributed by atoms with Crippen LogP contribution in [0.3, 0.4) is 0 Å². The highest BCUT2D eigenvalue weighted by Crippen LogP contribution is 2.38. The predicted molar refractivity (Wildman–Crippen MR) is 68.6 cm³/mol. The van der Waals surface area contributed by atoms with Crippen LogP contribution in [0.2, 0.25) is 0 Å². The van der Waals surface area contributed by atoms with Crippen LogP contribution >= 0.6 is 11.8 Å². The summed E-state index contributed by atoms with van der Waals surface area (Å²) in [5, 5.41) is 15.5. The van der Waals surface area contributed by atoms with Crippen molar-refractivity contribution in [2.24, 2.45) is 0 Å². The molecule has 0 radical (unpaired) electrons. The second kappa shape index (κ2) is 4.78. The average Bonchev–Trinajstić information content (AvgIpc) is 3.17. The van der Waals surface area contributed by atoms with Crippen LogP contribution in [0.1, 0.15) is 29.2 Å². The van der Waals surface area contributed by atoms with Gasteiger partial charge in [-0.15, -0.1) is 5.10 Å². The lowest BCUT2D eigenvalue weighted by atomic mass is 10.2. The first-order valence-corrected chi connectivity index (χ1v) is 6.76. The number of aromatic carboxylic acids is 1. The molecule has 1 heterocycles. The van der Waals surface area contributed by atoms with Gasteiger partial charge in [-0.2, -0.15) is 0 Å². The van der Waals surface area contributed by atoms with Gasteiger partial charge in [0, 0.05) is 6.04 Å². The molecule has 0 aliphatic heterocycles. The van der Waals surface area contributed by atoms with E-state index in [4.69, 9.17) is 5.11 Å². The van der Waals surface area contributed by atoms with E-state index < -0.39 is 11.8 Å². The van der Waals surface area contributed by atoms with Crippen LogP contribution < -0.4 is 5.69 Å². The molecule has 2 aromatic rings. The Morgan fingerprint density at radius 3 is 2.90 bits per heavy atom. The van der Waals surface area contributed by atoms with Gasteiger partial charge in [-0.25, -0.2) is 19.1 Å². The largest absolute Gasteiger partial charge is 0.478 e. The smallest absolute Gasteiger partial charge is 0.344 e. The zero-order chi connectivity index (χ0) is 14.3. The number of aromatic nitrogens is 3. The molecule has 104 valence electrons. The number of rotatable bonds is 4. The van der Waals surface area contributed by atoms with Crippen molar-refractivity contribution in [2.45, 2.75) is 28.9 Å². The van der Waals surface area contributed by atoms with Crippen molar-refractivity contribution in [3.63, 3.8) is 0 Å². The van der Waals surface area contributed by atoms with Crippen LogP contribution in [0.4, 0.5) is 4.39 Å². The van der Waals surface area contributed by atoms with Gasteiger partial charge in [0.05, 0.1) is 10.5 Å². The number of benzene rings is 1. The number of halogens is 1. The molecule has 0 spiro atoms. The Hall–Kier alpha value is -2.09. The zero-order valence-electron chi connectivity index (χ0n) is 10.2. The van der Waals surface area contributed by atoms with Gasteiger partial charge >= 0.3 is 11.7 Å². The molecular weight excluding hydrogens is 285 g/mol. The summed E-state index contributed by atoms with van der Waals surface area (Å²) in [7, 11) is 0. The normalized spacial score (nSPS) is 14.4. The molecule has 8 heteroatoms. The van der Waals surface area contributed by atoms with E-state index >= 15 is 0 Å². The predicted octanol–water partition coefficient (Wildman–Crippen LogP) is 1.89. The Kier molecular flexibility index (Phi) is 3.09. The zero-order valence-corrected chi connectivity index (χ0v) is 11.0. The molecule has 1 aromatic heterocycles. The van der Waals surface area contributed by atoms with Crippen LogP contribution in [0.5, 0.6) is 0 Å². The third kappa shape index (κ3) is 2.22. The molecule has 1 aliphatic carbocycles. The van der Waals surface area contributed by atoms with E-state index in [1.54, 1.807) is 0 Å². The SMILES string of the molecule is O=C(O)c1cccc(F)c1Sc1n[nH]c(=O)n1C1CC1. The Balaban J connectivity index is 2.04. The standard InChI is InChI=1S/C12H10FN3O3S/c13-8-3-1-2-7(10(17)18)9(8)20-12-15-14-11(19)16(12)6-4-5-6/h1-3,6H,4-5H2,(H,14,19)(H,17,18). The van der Waals surface area contributed by atoms with E-state index in [1.807, 2.05) is 0 Å². The van der Waals surface area contributed by atoms with Crippen LogP contribution in [0.15, 0.2) is 33.0 Å². The molecule has 1 aliphatic rings. The Morgan fingerprint density at radius 2 is 2.25 bits per heavy atom. The maximum absolute atomic E-state index is 13.8. The second-order valence-electron chi connectivity index (χ2n) is 4.44. The number of nitrogens with zero attached hydrogens (tertiary/aromatic N) is 2. The first-order valence-electron chi connectivity index (χ1n) is 5.94. The van der Waals surface area contributed by atoms with Gasteiger partial charge in [0.25, 0.3) is 0 Å². The summed E-state index contributed by atoms with van der Waals surface area (Å²) in [6.07, 6.45) is 1.74. The van der Waals surface area contributed by atoms with E-state index in [9.17, 15) is 14.0 Å². The van der Waals surface area contributed by atoms with E-state index in [1.165, 1.54) is 22.8 Å². The van der Waals surface area contributed by atoms with Gasteiger partial charge in [-0.1, -0.05) is 6.07 Å². The first kappa shape index (κ1) is 12.9. The molecule has 0 unspecified atom stereocenters. The summed E-state index contributed by atoms with van der Waals surface area (Å²) in [5.41, 5.74) is -0.504. The highest BCUT2D eigenvalue weighted by molar-refractivity contribution is 7.99. The van der Waals surface area contributed by atoms with Gasteiger partial charge in [0.2, 0.25) is 0 Å². The fourth-order valence-corrected chi connectivity index (χ4v) is 2.92. The van der Waals surface area contributed by atoms with Crippen LogP contribution in [-0.2, 0) is 0 Å². The van der Waals surface area contributed by atoms with Crippen molar-refractivity contribution in [1.29, 1.82) is 0 Å². The van der Waals surface area contributed by atoms with Crippen molar-refractivity contribution >= 4 is 17.7 Å². The van der Waals surface area contributed by atoms with Gasteiger partial charge in [-0.05, 0) is 36.7 Å². The molecule has 1 aromatic carbocycles. The van der Waals surface area contributed by atoms with E-state index in [0.717, 1.165) is 24.6 Å². The number of carbonyl (C=O) groups is 1. The van der Waals surface area contributed by atoms with Crippen molar-refractivity contribution in [3.05, 3.63) is 40.1 Å². The summed E-state index contributed by atoms with van der Waals surface area (Å²) in [5.74, 6) is -1.87. The van der Waals surface area contributed by atoms with Gasteiger partial charge in [0.15, 0.2) is 5.16 Å². The third-order valence-corrected chi connectivity index (χ3v) is 4.06. The lowest BCUT2D eigenvalue weighted by Gasteiger charge is -2.07. The highest BCUT2D eigenvalue weighted by Gasteiger charge is 2.29. The number of carboxylic acids is 1. The topological polar surface area (TPSA) is 88.0 Å². The van der Waals surface area contributed by atoms with Crippen LogP contribution in [0.25, 0.3) is 0 Å². The minimum absolute atomic E-state index is 0.0408. The van der Waals surface area contributed by atoms with Gasteiger partial charge in [0.1, 0.15) is 5.82 Å². The van der Waals surface area contributed by atoms with Crippen molar-refractivity contribution < 1.29 is 14.3 Å². The molecule has 0 amide bonds. The Morgan fingerprint density at radius 1 is 1.50 bits per heavy atom. The summed E-state index contributed by atoms with van der Waals surface area (Å²) in [4.78, 5) is 22.7. The van der Waals surface area contributed by atoms with E-state index in [-0.39, 0.29) is 27.3 Å². The Labute approximate surface area is 116 Å². The second-order valence-corrected chi connectivity index (χ2v) is 5.41. The number of hydrogen-bond donors (Lipinski definition) is 2. The van der Waals surface area contributed by atoms with Crippen LogP contribution in [0, 0.1) is 5.82 Å². The molecule has 0 atom stereocenters. The lowest BCUT2D eigenvalue weighted by Crippen LogP contribution is -2.16. The molecule has 3 rings (SSSR count). The molecule has 20 heavy (non-hydrogen) atoms. The van der Waals surface area contributed by atoms with E-state index in [0.29, 0.717) is 0 Å². The maximum atomic E-state index is 13.8. The van der Waals surface area contributed by atoms with Crippen LogP contribution in [-0.4, -0.2) is 25.8 Å². The molecule has 2 N–H and O–H groups in total. The summed E-state index contributed by atoms with van der Waals surface area (Å²) in [6.45, 7) is 0. The molecule has 6 nitrogen and oxygen atoms in total. The monoisotopic (exact) mass is 295 g/mol. The molecule has 1 fully saturated rings. The summed E-state index contributed by atoms with van der Waals surface area (Å²) in [6, 6.07) is 3.91. The first-order chi connectivity index (χ1) is 9.58. The van der Waals surface area contributed by atoms with Gasteiger partial charge in [-0.3, -0.25) is 4.57 Å². The summed E-state index contributed by atoms with van der Waals surface area (Å²) >= 11 is 0.850. The molecular formula is C12H10FN3O3S. The number of aromatic amines is 1. The number of nitrogens with one attached hydrogen (secondary N) is 1. The molecule has 1 saturated carbocycles. The minimum Gasteiger partial charge on any atom is -0.478 e. The Bertz CT molecular complexity index is 736. The molecule has 0 saturated heterocycles. The van der Waals surface area contributed by atoms with Crippen molar-refractivity contribution in [3.8, 4) is 0 Å². The minimum atomic E-state index is -1.22. The maximum Gasteiger partial charge on any atom is 0.344 e.